The van der Waals surface area contributed by atoms with Gasteiger partial charge in [0.1, 0.15) is 11.2 Å². The van der Waals surface area contributed by atoms with Gasteiger partial charge in [0.2, 0.25) is 0 Å². The summed E-state index contributed by atoms with van der Waals surface area (Å²) < 4.78 is 6.39. The molecule has 0 radical (unpaired) electrons. The van der Waals surface area contributed by atoms with Crippen LogP contribution in [0, 0.1) is 0 Å². The van der Waals surface area contributed by atoms with Gasteiger partial charge >= 0.3 is 0 Å². The maximum atomic E-state index is 6.39. The van der Waals surface area contributed by atoms with Crippen LogP contribution in [0.4, 0.5) is 17.1 Å². The largest absolute Gasteiger partial charge is 0.456 e. The lowest BCUT2D eigenvalue weighted by molar-refractivity contribution is 0.660. The van der Waals surface area contributed by atoms with Crippen LogP contribution in [0.2, 0.25) is 0 Å². The first-order valence-corrected chi connectivity index (χ1v) is 17.0. The first-order valence-electron chi connectivity index (χ1n) is 17.0. The predicted octanol–water partition coefficient (Wildman–Crippen LogP) is 13.3. The van der Waals surface area contributed by atoms with Crippen molar-refractivity contribution >= 4 is 60.5 Å². The number of hydrogen-bond acceptors (Lipinski definition) is 2. The average Bonchev–Trinajstić information content (AvgIpc) is 3.63. The standard InChI is InChI=1S/C47H33NO/c1-47(2)43-16-7-5-13-39(43)40-24-22-35(28-44(40)47)48(36-23-25-42-41-14-6-8-17-45(41)49-46(42)29-36)34-21-20-31-26-33(19-18-32(31)27-34)38-15-9-11-30-10-3-4-12-37(30)38/h3-29H,1-2H3. The molecule has 1 aliphatic carbocycles. The minimum atomic E-state index is -0.0995. The zero-order chi connectivity index (χ0) is 32.7. The third-order valence-electron chi connectivity index (χ3n) is 10.6. The van der Waals surface area contributed by atoms with Crippen LogP contribution in [-0.2, 0) is 5.41 Å². The van der Waals surface area contributed by atoms with Gasteiger partial charge < -0.3 is 9.32 Å². The molecule has 0 amide bonds. The summed E-state index contributed by atoms with van der Waals surface area (Å²) in [5.74, 6) is 0. The zero-order valence-electron chi connectivity index (χ0n) is 27.4. The molecule has 0 N–H and O–H groups in total. The molecule has 232 valence electrons. The van der Waals surface area contributed by atoms with Crippen molar-refractivity contribution in [3.05, 3.63) is 175 Å². The molecule has 0 unspecified atom stereocenters. The second-order valence-electron chi connectivity index (χ2n) is 13.8. The van der Waals surface area contributed by atoms with Gasteiger partial charge in [-0.05, 0) is 103 Å². The van der Waals surface area contributed by atoms with E-state index in [0.717, 1.165) is 39.0 Å². The van der Waals surface area contributed by atoms with Gasteiger partial charge in [-0.3, -0.25) is 0 Å². The summed E-state index contributed by atoms with van der Waals surface area (Å²) >= 11 is 0. The molecule has 9 aromatic rings. The molecule has 2 nitrogen and oxygen atoms in total. The highest BCUT2D eigenvalue weighted by molar-refractivity contribution is 6.06. The van der Waals surface area contributed by atoms with Gasteiger partial charge in [-0.1, -0.05) is 123 Å². The fraction of sp³-hybridized carbons (Fsp3) is 0.0638. The number of para-hydroxylation sites is 1. The van der Waals surface area contributed by atoms with Crippen molar-refractivity contribution in [2.75, 3.05) is 4.90 Å². The Kier molecular flexibility index (Phi) is 5.95. The molecular weight excluding hydrogens is 595 g/mol. The van der Waals surface area contributed by atoms with Crippen molar-refractivity contribution < 1.29 is 4.42 Å². The van der Waals surface area contributed by atoms with Crippen LogP contribution in [-0.4, -0.2) is 0 Å². The zero-order valence-corrected chi connectivity index (χ0v) is 27.4. The van der Waals surface area contributed by atoms with Crippen LogP contribution < -0.4 is 4.90 Å². The van der Waals surface area contributed by atoms with Crippen molar-refractivity contribution in [2.45, 2.75) is 19.3 Å². The Bertz CT molecular complexity index is 2760. The molecule has 0 saturated carbocycles. The summed E-state index contributed by atoms with van der Waals surface area (Å²) in [5.41, 5.74) is 12.8. The van der Waals surface area contributed by atoms with E-state index in [-0.39, 0.29) is 5.41 Å². The van der Waals surface area contributed by atoms with E-state index in [9.17, 15) is 0 Å². The molecule has 0 saturated heterocycles. The molecule has 0 aliphatic heterocycles. The molecule has 0 spiro atoms. The van der Waals surface area contributed by atoms with Crippen molar-refractivity contribution in [2.24, 2.45) is 0 Å². The fourth-order valence-corrected chi connectivity index (χ4v) is 8.15. The number of anilines is 3. The Morgan fingerprint density at radius 3 is 1.98 bits per heavy atom. The summed E-state index contributed by atoms with van der Waals surface area (Å²) in [6.45, 7) is 4.69. The molecule has 1 heterocycles. The monoisotopic (exact) mass is 627 g/mol. The van der Waals surface area contributed by atoms with Crippen LogP contribution in [0.25, 0.3) is 65.7 Å². The Morgan fingerprint density at radius 2 is 1.04 bits per heavy atom. The molecule has 0 atom stereocenters. The average molecular weight is 628 g/mol. The lowest BCUT2D eigenvalue weighted by atomic mass is 9.82. The molecule has 8 aromatic carbocycles. The number of nitrogens with zero attached hydrogens (tertiary/aromatic N) is 1. The third kappa shape index (κ3) is 4.27. The summed E-state index contributed by atoms with van der Waals surface area (Å²) in [4.78, 5) is 2.38. The van der Waals surface area contributed by atoms with Crippen LogP contribution in [0.15, 0.2) is 168 Å². The SMILES string of the molecule is CC1(C)c2ccccc2-c2ccc(N(c3ccc4cc(-c5cccc6ccccc56)ccc4c3)c3ccc4c(c3)oc3ccccc34)cc21. The predicted molar refractivity (Wildman–Crippen MR) is 206 cm³/mol. The Balaban J connectivity index is 1.14. The normalized spacial score (nSPS) is 13.3. The second-order valence-corrected chi connectivity index (χ2v) is 13.8. The lowest BCUT2D eigenvalue weighted by Crippen LogP contribution is -2.16. The highest BCUT2D eigenvalue weighted by Gasteiger charge is 2.35. The van der Waals surface area contributed by atoms with E-state index in [4.69, 9.17) is 4.42 Å². The maximum Gasteiger partial charge on any atom is 0.137 e. The second kappa shape index (κ2) is 10.4. The Labute approximate surface area is 285 Å². The molecular formula is C47H33NO. The third-order valence-corrected chi connectivity index (χ3v) is 10.6. The number of hydrogen-bond donors (Lipinski definition) is 0. The summed E-state index contributed by atoms with van der Waals surface area (Å²) in [6, 6.07) is 59.6. The lowest BCUT2D eigenvalue weighted by Gasteiger charge is -2.28. The maximum absolute atomic E-state index is 6.39. The molecule has 10 rings (SSSR count). The Morgan fingerprint density at radius 1 is 0.408 bits per heavy atom. The smallest absolute Gasteiger partial charge is 0.137 e. The van der Waals surface area contributed by atoms with Crippen molar-refractivity contribution in [3.63, 3.8) is 0 Å². The molecule has 2 heteroatoms. The Hall–Kier alpha value is -6.12. The number of benzene rings is 8. The van der Waals surface area contributed by atoms with Crippen molar-refractivity contribution in [1.29, 1.82) is 0 Å². The van der Waals surface area contributed by atoms with Gasteiger partial charge in [0, 0.05) is 39.3 Å². The van der Waals surface area contributed by atoms with Crippen molar-refractivity contribution in [1.82, 2.24) is 0 Å². The van der Waals surface area contributed by atoms with Crippen LogP contribution in [0.3, 0.4) is 0 Å². The summed E-state index contributed by atoms with van der Waals surface area (Å²) in [7, 11) is 0. The first-order chi connectivity index (χ1) is 24.0. The molecule has 49 heavy (non-hydrogen) atoms. The minimum Gasteiger partial charge on any atom is -0.456 e. The van der Waals surface area contributed by atoms with E-state index in [1.54, 1.807) is 0 Å². The first kappa shape index (κ1) is 27.9. The highest BCUT2D eigenvalue weighted by Crippen LogP contribution is 2.51. The van der Waals surface area contributed by atoms with E-state index in [0.29, 0.717) is 0 Å². The number of fused-ring (bicyclic) bond motifs is 8. The quantitative estimate of drug-likeness (QED) is 0.193. The van der Waals surface area contributed by atoms with Gasteiger partial charge in [0.15, 0.2) is 0 Å². The highest BCUT2D eigenvalue weighted by atomic mass is 16.3. The van der Waals surface area contributed by atoms with E-state index >= 15 is 0 Å². The summed E-state index contributed by atoms with van der Waals surface area (Å²) in [6.07, 6.45) is 0. The summed E-state index contributed by atoms with van der Waals surface area (Å²) in [5, 5.41) is 7.21. The van der Waals surface area contributed by atoms with E-state index in [1.807, 2.05) is 12.1 Å². The van der Waals surface area contributed by atoms with E-state index in [1.165, 1.54) is 54.9 Å². The number of rotatable bonds is 4. The topological polar surface area (TPSA) is 16.4 Å². The van der Waals surface area contributed by atoms with Crippen LogP contribution in [0.5, 0.6) is 0 Å². The fourth-order valence-electron chi connectivity index (χ4n) is 8.15. The van der Waals surface area contributed by atoms with Crippen LogP contribution >= 0.6 is 0 Å². The molecule has 1 aromatic heterocycles. The molecule has 0 bridgehead atoms. The molecule has 1 aliphatic rings. The van der Waals surface area contributed by atoms with Crippen LogP contribution in [0.1, 0.15) is 25.0 Å². The van der Waals surface area contributed by atoms with E-state index < -0.39 is 0 Å². The van der Waals surface area contributed by atoms with Gasteiger partial charge in [-0.2, -0.15) is 0 Å². The molecule has 0 fully saturated rings. The van der Waals surface area contributed by atoms with Gasteiger partial charge in [-0.25, -0.2) is 0 Å². The van der Waals surface area contributed by atoms with Crippen molar-refractivity contribution in [3.8, 4) is 22.3 Å². The van der Waals surface area contributed by atoms with Gasteiger partial charge in [0.25, 0.3) is 0 Å². The van der Waals surface area contributed by atoms with Gasteiger partial charge in [0.05, 0.1) is 0 Å². The minimum absolute atomic E-state index is 0.0995. The number of furan rings is 1. The van der Waals surface area contributed by atoms with E-state index in [2.05, 4.69) is 170 Å². The van der Waals surface area contributed by atoms with Gasteiger partial charge in [-0.15, -0.1) is 0 Å².